The van der Waals surface area contributed by atoms with E-state index < -0.39 is 310 Å². The smallest absolute Gasteiger partial charge is 0.337 e. The Labute approximate surface area is 598 Å². The van der Waals surface area contributed by atoms with Gasteiger partial charge in [-0.05, 0) is 24.3 Å². The Morgan fingerprint density at radius 2 is 0.406 bits per heavy atom. The van der Waals surface area contributed by atoms with Crippen molar-refractivity contribution in [2.45, 2.75) is 246 Å². The topological polar surface area (TPSA) is 691 Å². The standard InChI is InChI=1S/C62H90N2O42/c65-11-23-47-31(73)39(81)57(93-23)99-45-21(9-63-19-7-3-1-5-17(19)53(87)88)92-56(38(80)30(45)72)102-48-24(12-66)95-59(41(83)33(48)75)104-50-26(14-68)97-61(43(85)35(50)77)106-52-28(16-70)98-62(44(86)36(52)78)105-51-27(15-69)96-60(42(84)34(51)76)103-49-25(13-67)94-58(40(82)32(49)74)100-46-22(91-55(101-47)37(79)29(46)71)10-64-20-8-4-2-6-18(20)54(89)90/h1-8,21-52,55-86H,9-16H2,(H,87,88)(H,89,90)/t21-,22-,23-,24-,25+,26-,27-,28+,29-,30+,31-,32-,33+,34-,35+,36-,37-,38+,39-,40-,41-,42-,43-,44-,45-,46-,47-,48-,49-,50-,51-,52-,55-,56-,57-,58-,59-,60-,61-,62-/m1/s1. The predicted molar refractivity (Wildman–Crippen MR) is 331 cm³/mol. The molecule has 0 aliphatic carbocycles. The minimum absolute atomic E-state index is 0.0714. The summed E-state index contributed by atoms with van der Waals surface area (Å²) in [6.45, 7) is -7.99. The lowest BCUT2D eigenvalue weighted by atomic mass is 9.94. The molecule has 106 heavy (non-hydrogen) atoms. The molecule has 0 aromatic heterocycles. The second kappa shape index (κ2) is 35.4. The van der Waals surface area contributed by atoms with E-state index in [4.69, 9.17) is 75.8 Å². The fourth-order valence-corrected chi connectivity index (χ4v) is 14.0. The van der Waals surface area contributed by atoms with Crippen LogP contribution in [-0.2, 0) is 75.8 Å². The Bertz CT molecular complexity index is 3080. The third-order valence-corrected chi connectivity index (χ3v) is 19.8. The van der Waals surface area contributed by atoms with Gasteiger partial charge in [-0.3, -0.25) is 0 Å². The third kappa shape index (κ3) is 16.8. The Balaban J connectivity index is 0.903. The van der Waals surface area contributed by atoms with Crippen molar-refractivity contribution in [2.24, 2.45) is 0 Å². The Morgan fingerprint density at radius 1 is 0.245 bits per heavy atom. The molecule has 0 spiro atoms. The van der Waals surface area contributed by atoms with Crippen LogP contribution in [0.25, 0.3) is 0 Å². The number of benzene rings is 2. The molecule has 26 N–H and O–H groups in total. The molecule has 2 aromatic carbocycles. The predicted octanol–water partition coefficient (Wildman–Crippen LogP) is -13.8. The van der Waals surface area contributed by atoms with Crippen LogP contribution in [-0.4, -0.2) is 433 Å². The number of hydrogen-bond donors (Lipinski definition) is 26. The van der Waals surface area contributed by atoms with Crippen LogP contribution in [0.15, 0.2) is 48.5 Å². The highest BCUT2D eigenvalue weighted by Gasteiger charge is 2.61. The lowest BCUT2D eigenvalue weighted by Crippen LogP contribution is -2.69. The summed E-state index contributed by atoms with van der Waals surface area (Å²) in [7, 11) is 0. The number of anilines is 2. The fraction of sp³-hybridized carbons (Fsp3) is 0.774. The zero-order valence-electron chi connectivity index (χ0n) is 55.5. The Hall–Kier alpha value is -4.54. The van der Waals surface area contributed by atoms with Crippen molar-refractivity contribution in [1.29, 1.82) is 0 Å². The quantitative estimate of drug-likeness (QED) is 0.0835. The molecule has 0 amide bonds. The number of para-hydroxylation sites is 2. The summed E-state index contributed by atoms with van der Waals surface area (Å²) in [5.74, 6) is -2.85. The molecule has 44 nitrogen and oxygen atoms in total. The molecule has 30 heterocycles. The van der Waals surface area contributed by atoms with Gasteiger partial charge in [0.2, 0.25) is 0 Å². The summed E-state index contributed by atoms with van der Waals surface area (Å²) in [5, 5.41) is 277. The van der Waals surface area contributed by atoms with E-state index >= 15 is 0 Å². The minimum Gasteiger partial charge on any atom is -0.478 e. The van der Waals surface area contributed by atoms with Crippen molar-refractivity contribution >= 4 is 23.3 Å². The van der Waals surface area contributed by atoms with Crippen molar-refractivity contribution in [3.63, 3.8) is 0 Å². The van der Waals surface area contributed by atoms with Gasteiger partial charge in [-0.2, -0.15) is 0 Å². The molecule has 0 saturated carbocycles. The van der Waals surface area contributed by atoms with Gasteiger partial charge in [-0.15, -0.1) is 0 Å². The highest BCUT2D eigenvalue weighted by molar-refractivity contribution is 5.94. The largest absolute Gasteiger partial charge is 0.478 e. The lowest BCUT2D eigenvalue weighted by Gasteiger charge is -2.51. The van der Waals surface area contributed by atoms with Crippen molar-refractivity contribution in [3.8, 4) is 0 Å². The van der Waals surface area contributed by atoms with Gasteiger partial charge < -0.3 is 209 Å². The Morgan fingerprint density at radius 3 is 0.575 bits per heavy atom. The van der Waals surface area contributed by atoms with E-state index in [1.54, 1.807) is 0 Å². The van der Waals surface area contributed by atoms with Crippen LogP contribution in [0.5, 0.6) is 0 Å². The maximum absolute atomic E-state index is 12.3. The number of ether oxygens (including phenoxy) is 16. The van der Waals surface area contributed by atoms with Gasteiger partial charge in [0, 0.05) is 24.5 Å². The average molecular weight is 1540 g/mol. The van der Waals surface area contributed by atoms with Crippen LogP contribution in [0, 0.1) is 0 Å². The van der Waals surface area contributed by atoms with E-state index in [1.165, 1.54) is 48.5 Å². The summed E-state index contributed by atoms with van der Waals surface area (Å²) < 4.78 is 94.2. The van der Waals surface area contributed by atoms with Gasteiger partial charge in [0.05, 0.1) is 50.8 Å². The van der Waals surface area contributed by atoms with Gasteiger partial charge in [0.25, 0.3) is 0 Å². The van der Waals surface area contributed by atoms with E-state index in [0.29, 0.717) is 0 Å². The average Bonchev–Trinajstić information content (AvgIpc) is 0.774. The summed E-state index contributed by atoms with van der Waals surface area (Å²) in [5.41, 5.74) is -0.745. The first kappa shape index (κ1) is 82.4. The first-order chi connectivity index (χ1) is 50.6. The Kier molecular flexibility index (Phi) is 27.6. The molecule has 30 fully saturated rings. The molecule has 30 aliphatic heterocycles. The SMILES string of the molecule is O=C(O)c1ccccc1NC[C@H]1O[C@@H]2O[C@H]3[C@H](O)[C@@H](O)[C@@H](O[C@H]4[C@@H](O)[C@H](O)[C@@H](O[C@H]5[C@@H](O)[C@@H](O)[C@@H](O[C@H]6[C@@H](O)[C@@H](O)[C@@H](O[C@H]7[C@H](O)[C@@H](O)[C@@H](O[C@H]8[C@H](O)[C@@H](O)[C@@H](O[C@H]9[C@H](O)[C@@H](O)[C@@H](O[C@H]1[C@H](O)[C@H]2O)O[C@H]9CO)O[C@@H]8CO)O[C@H]7CO)O[C@@H]6CO)O[C@@H]5CO)O[C@@H]4CNc1ccccc1C(=O)O)O[C@@H]3CO. The van der Waals surface area contributed by atoms with Gasteiger partial charge >= 0.3 is 11.9 Å². The molecule has 32 rings (SSSR count). The summed E-state index contributed by atoms with van der Waals surface area (Å²) >= 11 is 0. The summed E-state index contributed by atoms with van der Waals surface area (Å²) in [6, 6.07) is 10.7. The second-order valence-corrected chi connectivity index (χ2v) is 26.6. The van der Waals surface area contributed by atoms with Gasteiger partial charge in [0.1, 0.15) is 195 Å². The van der Waals surface area contributed by atoms with Crippen LogP contribution in [0.3, 0.4) is 0 Å². The molecule has 40 atom stereocenters. The molecule has 44 heteroatoms. The number of rotatable bonds is 14. The van der Waals surface area contributed by atoms with Gasteiger partial charge in [-0.25, -0.2) is 9.59 Å². The van der Waals surface area contributed by atoms with Gasteiger partial charge in [-0.1, -0.05) is 24.3 Å². The van der Waals surface area contributed by atoms with E-state index in [2.05, 4.69) is 10.6 Å². The van der Waals surface area contributed by atoms with Crippen molar-refractivity contribution in [3.05, 3.63) is 59.7 Å². The maximum Gasteiger partial charge on any atom is 0.337 e. The minimum atomic E-state index is -2.35. The molecule has 2 aromatic rings. The number of carboxylic acids is 2. The highest BCUT2D eigenvalue weighted by atomic mass is 16.8. The molecular formula is C62H90N2O42. The van der Waals surface area contributed by atoms with Crippen molar-refractivity contribution in [2.75, 3.05) is 63.4 Å². The van der Waals surface area contributed by atoms with E-state index in [9.17, 15) is 132 Å². The molecule has 30 saturated heterocycles. The van der Waals surface area contributed by atoms with E-state index in [-0.39, 0.29) is 22.5 Å². The third-order valence-electron chi connectivity index (χ3n) is 19.8. The summed E-state index contributed by atoms with van der Waals surface area (Å²) in [6.07, 6.45) is -84.3. The summed E-state index contributed by atoms with van der Waals surface area (Å²) in [4.78, 5) is 24.6. The van der Waals surface area contributed by atoms with Crippen LogP contribution in [0.2, 0.25) is 0 Å². The van der Waals surface area contributed by atoms with Crippen molar-refractivity contribution in [1.82, 2.24) is 0 Å². The highest BCUT2D eigenvalue weighted by Crippen LogP contribution is 2.40. The molecule has 16 bridgehead atoms. The molecule has 0 radical (unpaired) electrons. The van der Waals surface area contributed by atoms with Crippen LogP contribution < -0.4 is 10.6 Å². The number of nitrogens with one attached hydrogen (secondary N) is 2. The number of aliphatic hydroxyl groups is 22. The number of aliphatic hydroxyl groups excluding tert-OH is 22. The molecular weight excluding hydrogens is 1440 g/mol. The maximum atomic E-state index is 12.3. The number of aromatic carboxylic acids is 2. The lowest BCUT2D eigenvalue weighted by molar-refractivity contribution is -0.402. The second-order valence-electron chi connectivity index (χ2n) is 26.6. The number of hydrogen-bond acceptors (Lipinski definition) is 42. The fourth-order valence-electron chi connectivity index (χ4n) is 14.0. The number of carboxylic acid groups (broad SMARTS) is 2. The zero-order valence-corrected chi connectivity index (χ0v) is 55.5. The monoisotopic (exact) mass is 1530 g/mol. The van der Waals surface area contributed by atoms with Crippen LogP contribution >= 0.6 is 0 Å². The first-order valence-electron chi connectivity index (χ1n) is 33.7. The number of carbonyl (C=O) groups is 2. The van der Waals surface area contributed by atoms with Crippen LogP contribution in [0.1, 0.15) is 20.7 Å². The zero-order chi connectivity index (χ0) is 76.6. The van der Waals surface area contributed by atoms with E-state index in [0.717, 1.165) is 0 Å². The van der Waals surface area contributed by atoms with Crippen molar-refractivity contribution < 1.29 is 208 Å². The van der Waals surface area contributed by atoms with Gasteiger partial charge in [0.15, 0.2) is 50.3 Å². The molecule has 0 unspecified atom stereocenters. The molecule has 30 aliphatic rings. The molecule has 600 valence electrons. The van der Waals surface area contributed by atoms with E-state index in [1.807, 2.05) is 0 Å². The first-order valence-corrected chi connectivity index (χ1v) is 33.7. The normalized spacial score (nSPS) is 47.8. The van der Waals surface area contributed by atoms with Crippen LogP contribution in [0.4, 0.5) is 11.4 Å².